The molecule has 1 aromatic carbocycles. The highest BCUT2D eigenvalue weighted by atomic mass is 16.2. The Morgan fingerprint density at radius 1 is 1.54 bits per heavy atom. The number of anilines is 1. The molecule has 0 saturated heterocycles. The van der Waals surface area contributed by atoms with E-state index in [2.05, 4.69) is 5.32 Å². The third-order valence-electron chi connectivity index (χ3n) is 1.94. The van der Waals surface area contributed by atoms with Gasteiger partial charge >= 0.3 is 0 Å². The second-order valence-corrected chi connectivity index (χ2v) is 2.72. The summed E-state index contributed by atoms with van der Waals surface area (Å²) in [6, 6.07) is 5.46. The van der Waals surface area contributed by atoms with Crippen LogP contribution in [0.5, 0.6) is 0 Å². The van der Waals surface area contributed by atoms with Crippen molar-refractivity contribution in [2.24, 2.45) is 0 Å². The maximum atomic E-state index is 10.6. The molecule has 70 valence electrons. The molecule has 3 heteroatoms. The first-order valence-electron chi connectivity index (χ1n) is 4.19. The van der Waals surface area contributed by atoms with E-state index in [1.54, 1.807) is 13.1 Å². The minimum absolute atomic E-state index is 0.0942. The number of aldehydes is 1. The first kappa shape index (κ1) is 9.74. The molecule has 0 aliphatic carbocycles. The number of aliphatic hydroxyl groups excluding tert-OH is 1. The van der Waals surface area contributed by atoms with Crippen LogP contribution >= 0.6 is 0 Å². The van der Waals surface area contributed by atoms with E-state index in [9.17, 15) is 4.79 Å². The minimum Gasteiger partial charge on any atom is -0.396 e. The van der Waals surface area contributed by atoms with Crippen LogP contribution in [0.1, 0.15) is 15.9 Å². The van der Waals surface area contributed by atoms with Crippen LogP contribution in [-0.2, 0) is 6.42 Å². The minimum atomic E-state index is 0.0942. The van der Waals surface area contributed by atoms with Gasteiger partial charge < -0.3 is 10.4 Å². The van der Waals surface area contributed by atoms with Crippen molar-refractivity contribution in [3.63, 3.8) is 0 Å². The summed E-state index contributed by atoms with van der Waals surface area (Å²) in [5, 5.41) is 11.7. The van der Waals surface area contributed by atoms with Crippen molar-refractivity contribution in [1.29, 1.82) is 0 Å². The maximum Gasteiger partial charge on any atom is 0.152 e. The fraction of sp³-hybridized carbons (Fsp3) is 0.300. The molecule has 0 bridgehead atoms. The van der Waals surface area contributed by atoms with Gasteiger partial charge in [-0.1, -0.05) is 12.1 Å². The highest BCUT2D eigenvalue weighted by Gasteiger charge is 2.04. The maximum absolute atomic E-state index is 10.6. The number of benzene rings is 1. The van der Waals surface area contributed by atoms with E-state index in [0.29, 0.717) is 12.0 Å². The van der Waals surface area contributed by atoms with E-state index in [1.807, 2.05) is 12.1 Å². The molecule has 0 aliphatic rings. The SMILES string of the molecule is CNc1c(C=O)cccc1CCO. The first-order chi connectivity index (χ1) is 6.33. The van der Waals surface area contributed by atoms with Crippen molar-refractivity contribution in [2.75, 3.05) is 19.0 Å². The topological polar surface area (TPSA) is 49.3 Å². The predicted octanol–water partition coefficient (Wildman–Crippen LogP) is 1.08. The van der Waals surface area contributed by atoms with Gasteiger partial charge in [-0.3, -0.25) is 4.79 Å². The largest absolute Gasteiger partial charge is 0.396 e. The second-order valence-electron chi connectivity index (χ2n) is 2.72. The van der Waals surface area contributed by atoms with E-state index in [0.717, 1.165) is 17.5 Å². The Labute approximate surface area is 77.4 Å². The van der Waals surface area contributed by atoms with E-state index in [1.165, 1.54) is 0 Å². The zero-order valence-electron chi connectivity index (χ0n) is 7.58. The number of hydrogen-bond acceptors (Lipinski definition) is 3. The number of rotatable bonds is 4. The van der Waals surface area contributed by atoms with Gasteiger partial charge in [-0.25, -0.2) is 0 Å². The van der Waals surface area contributed by atoms with Gasteiger partial charge in [0.25, 0.3) is 0 Å². The molecular formula is C10H13NO2. The van der Waals surface area contributed by atoms with Crippen LogP contribution in [0.4, 0.5) is 5.69 Å². The quantitative estimate of drug-likeness (QED) is 0.680. The molecule has 0 saturated carbocycles. The van der Waals surface area contributed by atoms with E-state index in [4.69, 9.17) is 5.11 Å². The van der Waals surface area contributed by atoms with Gasteiger partial charge in [0.05, 0.1) is 0 Å². The molecule has 0 amide bonds. The van der Waals surface area contributed by atoms with Crippen LogP contribution in [0.25, 0.3) is 0 Å². The molecule has 13 heavy (non-hydrogen) atoms. The van der Waals surface area contributed by atoms with E-state index in [-0.39, 0.29) is 6.61 Å². The summed E-state index contributed by atoms with van der Waals surface area (Å²) in [7, 11) is 1.77. The summed E-state index contributed by atoms with van der Waals surface area (Å²) in [5.41, 5.74) is 2.41. The van der Waals surface area contributed by atoms with Crippen molar-refractivity contribution < 1.29 is 9.90 Å². The predicted molar refractivity (Wildman–Crippen MR) is 52.2 cm³/mol. The first-order valence-corrected chi connectivity index (χ1v) is 4.19. The second kappa shape index (κ2) is 4.62. The van der Waals surface area contributed by atoms with Gasteiger partial charge in [0.2, 0.25) is 0 Å². The summed E-state index contributed by atoms with van der Waals surface area (Å²) in [4.78, 5) is 10.6. The molecule has 1 aromatic rings. The summed E-state index contributed by atoms with van der Waals surface area (Å²) >= 11 is 0. The standard InChI is InChI=1S/C10H13NO2/c1-11-10-8(5-6-12)3-2-4-9(10)7-13/h2-4,7,11-12H,5-6H2,1H3. The number of carbonyl (C=O) groups excluding carboxylic acids is 1. The average Bonchev–Trinajstić information content (AvgIpc) is 2.18. The smallest absolute Gasteiger partial charge is 0.152 e. The Bertz CT molecular complexity index is 297. The molecule has 0 aromatic heterocycles. The Balaban J connectivity index is 3.10. The lowest BCUT2D eigenvalue weighted by Crippen LogP contribution is -2.01. The van der Waals surface area contributed by atoms with Gasteiger partial charge in [-0.05, 0) is 18.1 Å². The molecule has 0 heterocycles. The van der Waals surface area contributed by atoms with E-state index >= 15 is 0 Å². The van der Waals surface area contributed by atoms with Crippen molar-refractivity contribution in [3.8, 4) is 0 Å². The van der Waals surface area contributed by atoms with Crippen molar-refractivity contribution in [1.82, 2.24) is 0 Å². The van der Waals surface area contributed by atoms with Gasteiger partial charge in [-0.2, -0.15) is 0 Å². The van der Waals surface area contributed by atoms with Crippen LogP contribution in [0.2, 0.25) is 0 Å². The van der Waals surface area contributed by atoms with Crippen molar-refractivity contribution in [2.45, 2.75) is 6.42 Å². The van der Waals surface area contributed by atoms with Crippen LogP contribution in [-0.4, -0.2) is 25.0 Å². The van der Waals surface area contributed by atoms with Gasteiger partial charge in [0, 0.05) is 24.9 Å². The highest BCUT2D eigenvalue weighted by molar-refractivity contribution is 5.85. The number of para-hydroxylation sites is 1. The number of hydrogen-bond donors (Lipinski definition) is 2. The monoisotopic (exact) mass is 179 g/mol. The lowest BCUT2D eigenvalue weighted by molar-refractivity contribution is 0.112. The van der Waals surface area contributed by atoms with Gasteiger partial charge in [0.15, 0.2) is 6.29 Å². The number of carbonyl (C=O) groups is 1. The van der Waals surface area contributed by atoms with Crippen molar-refractivity contribution in [3.05, 3.63) is 29.3 Å². The van der Waals surface area contributed by atoms with Crippen LogP contribution in [0.3, 0.4) is 0 Å². The molecule has 3 nitrogen and oxygen atoms in total. The van der Waals surface area contributed by atoms with Gasteiger partial charge in [0.1, 0.15) is 0 Å². The molecule has 0 radical (unpaired) electrons. The highest BCUT2D eigenvalue weighted by Crippen LogP contribution is 2.19. The molecular weight excluding hydrogens is 166 g/mol. The Morgan fingerprint density at radius 3 is 2.85 bits per heavy atom. The third kappa shape index (κ3) is 2.06. The third-order valence-corrected chi connectivity index (χ3v) is 1.94. The Kier molecular flexibility index (Phi) is 3.46. The summed E-state index contributed by atoms with van der Waals surface area (Å²) in [5.74, 6) is 0. The Morgan fingerprint density at radius 2 is 2.31 bits per heavy atom. The van der Waals surface area contributed by atoms with Crippen LogP contribution in [0, 0.1) is 0 Å². The Hall–Kier alpha value is -1.35. The average molecular weight is 179 g/mol. The molecule has 2 N–H and O–H groups in total. The zero-order valence-corrected chi connectivity index (χ0v) is 7.58. The lowest BCUT2D eigenvalue weighted by Gasteiger charge is -2.09. The fourth-order valence-electron chi connectivity index (χ4n) is 1.35. The number of nitrogens with one attached hydrogen (secondary N) is 1. The number of aliphatic hydroxyl groups is 1. The summed E-state index contributed by atoms with van der Waals surface area (Å²) < 4.78 is 0. The molecule has 0 atom stereocenters. The summed E-state index contributed by atoms with van der Waals surface area (Å²) in [6.07, 6.45) is 1.38. The zero-order chi connectivity index (χ0) is 9.68. The van der Waals surface area contributed by atoms with Crippen LogP contribution in [0.15, 0.2) is 18.2 Å². The molecule has 0 spiro atoms. The molecule has 0 aliphatic heterocycles. The molecule has 0 fully saturated rings. The fourth-order valence-corrected chi connectivity index (χ4v) is 1.35. The molecule has 0 unspecified atom stereocenters. The summed E-state index contributed by atoms with van der Waals surface area (Å²) in [6.45, 7) is 0.0942. The van der Waals surface area contributed by atoms with Crippen molar-refractivity contribution >= 4 is 12.0 Å². The van der Waals surface area contributed by atoms with Gasteiger partial charge in [-0.15, -0.1) is 0 Å². The van der Waals surface area contributed by atoms with Crippen LogP contribution < -0.4 is 5.32 Å². The lowest BCUT2D eigenvalue weighted by atomic mass is 10.1. The molecule has 1 rings (SSSR count). The normalized spacial score (nSPS) is 9.69. The van der Waals surface area contributed by atoms with E-state index < -0.39 is 0 Å².